The number of sulfone groups is 1. The molecule has 1 atom stereocenters. The van der Waals surface area contributed by atoms with E-state index in [-0.39, 0.29) is 35.5 Å². The maximum Gasteiger partial charge on any atom is 0.260 e. The van der Waals surface area contributed by atoms with Gasteiger partial charge in [0.2, 0.25) is 5.43 Å². The van der Waals surface area contributed by atoms with Crippen LogP contribution in [0, 0.1) is 6.92 Å². The quantitative estimate of drug-likeness (QED) is 0.604. The number of nitrogens with zero attached hydrogens (tertiary/aromatic N) is 1. The minimum Gasteiger partial charge on any atom is -0.484 e. The van der Waals surface area contributed by atoms with E-state index < -0.39 is 9.84 Å². The minimum atomic E-state index is -3.07. The molecule has 2 aromatic carbocycles. The molecule has 1 fully saturated rings. The molecule has 162 valence electrons. The molecule has 1 amide bonds. The summed E-state index contributed by atoms with van der Waals surface area (Å²) in [5.74, 6) is 0.672. The highest BCUT2D eigenvalue weighted by Gasteiger charge is 2.32. The Labute approximate surface area is 180 Å². The second kappa shape index (κ2) is 8.19. The molecule has 0 spiro atoms. The van der Waals surface area contributed by atoms with Crippen molar-refractivity contribution in [3.8, 4) is 16.9 Å². The van der Waals surface area contributed by atoms with Crippen molar-refractivity contribution in [3.05, 3.63) is 64.5 Å². The van der Waals surface area contributed by atoms with Gasteiger partial charge < -0.3 is 14.1 Å². The third-order valence-electron chi connectivity index (χ3n) is 5.61. The molecular weight excluding hydrogens is 418 g/mol. The Balaban J connectivity index is 1.52. The third-order valence-corrected chi connectivity index (χ3v) is 7.36. The molecule has 1 unspecified atom stereocenters. The van der Waals surface area contributed by atoms with Crippen LogP contribution in [0.5, 0.6) is 5.75 Å². The first-order valence-electron chi connectivity index (χ1n) is 9.97. The second-order valence-corrected chi connectivity index (χ2v) is 9.97. The van der Waals surface area contributed by atoms with Gasteiger partial charge in [-0.1, -0.05) is 30.3 Å². The average Bonchev–Trinajstić information content (AvgIpc) is 3.11. The summed E-state index contributed by atoms with van der Waals surface area (Å²) >= 11 is 0. The predicted octanol–water partition coefficient (Wildman–Crippen LogP) is 2.79. The van der Waals surface area contributed by atoms with Crippen molar-refractivity contribution in [1.29, 1.82) is 0 Å². The van der Waals surface area contributed by atoms with Crippen molar-refractivity contribution in [2.24, 2.45) is 0 Å². The van der Waals surface area contributed by atoms with Gasteiger partial charge in [-0.05, 0) is 31.0 Å². The molecule has 3 aromatic rings. The number of likely N-dealkylation sites (N-methyl/N-ethyl adjacent to an activating group) is 1. The first kappa shape index (κ1) is 21.1. The van der Waals surface area contributed by atoms with Gasteiger partial charge in [0.15, 0.2) is 16.4 Å². The van der Waals surface area contributed by atoms with Gasteiger partial charge in [0, 0.05) is 19.2 Å². The third kappa shape index (κ3) is 4.34. The van der Waals surface area contributed by atoms with Crippen LogP contribution in [-0.4, -0.2) is 50.4 Å². The summed E-state index contributed by atoms with van der Waals surface area (Å²) in [5, 5.41) is 0.427. The number of ether oxygens (including phenoxy) is 1. The van der Waals surface area contributed by atoms with E-state index in [1.807, 2.05) is 30.3 Å². The molecule has 0 saturated carbocycles. The van der Waals surface area contributed by atoms with Crippen molar-refractivity contribution in [3.63, 3.8) is 0 Å². The van der Waals surface area contributed by atoms with Gasteiger partial charge in [-0.15, -0.1) is 0 Å². The SMILES string of the molecule is Cc1oc2cc(OCC(=O)N(C)C3CCS(=O)(=O)C3)ccc2c(=O)c1-c1ccccc1. The van der Waals surface area contributed by atoms with Gasteiger partial charge in [-0.25, -0.2) is 8.42 Å². The fourth-order valence-corrected chi connectivity index (χ4v) is 5.62. The van der Waals surface area contributed by atoms with E-state index in [0.717, 1.165) is 5.56 Å². The number of rotatable bonds is 5. The Hall–Kier alpha value is -3.13. The number of carbonyl (C=O) groups excluding carboxylic acids is 1. The maximum atomic E-state index is 13.0. The lowest BCUT2D eigenvalue weighted by molar-refractivity contribution is -0.133. The van der Waals surface area contributed by atoms with Crippen LogP contribution in [0.2, 0.25) is 0 Å². The van der Waals surface area contributed by atoms with Crippen LogP contribution in [0.15, 0.2) is 57.7 Å². The minimum absolute atomic E-state index is 0.0145. The van der Waals surface area contributed by atoms with Crippen LogP contribution < -0.4 is 10.2 Å². The predicted molar refractivity (Wildman–Crippen MR) is 118 cm³/mol. The van der Waals surface area contributed by atoms with Gasteiger partial charge >= 0.3 is 0 Å². The van der Waals surface area contributed by atoms with Crippen molar-refractivity contribution < 1.29 is 22.4 Å². The topological polar surface area (TPSA) is 93.9 Å². The van der Waals surface area contributed by atoms with E-state index >= 15 is 0 Å². The highest BCUT2D eigenvalue weighted by molar-refractivity contribution is 7.91. The standard InChI is InChI=1S/C23H23NO6S/c1-15-22(16-6-4-3-5-7-16)23(26)19-9-8-18(12-20(19)30-15)29-13-21(25)24(2)17-10-11-31(27,28)14-17/h3-9,12,17H,10-11,13-14H2,1-2H3. The lowest BCUT2D eigenvalue weighted by atomic mass is 10.0. The van der Waals surface area contributed by atoms with Gasteiger partial charge in [-0.2, -0.15) is 0 Å². The fourth-order valence-electron chi connectivity index (χ4n) is 3.85. The van der Waals surface area contributed by atoms with Crippen molar-refractivity contribution in [1.82, 2.24) is 4.90 Å². The van der Waals surface area contributed by atoms with Crippen LogP contribution in [0.1, 0.15) is 12.2 Å². The number of hydrogen-bond donors (Lipinski definition) is 0. The molecule has 1 aliphatic heterocycles. The highest BCUT2D eigenvalue weighted by atomic mass is 32.2. The summed E-state index contributed by atoms with van der Waals surface area (Å²) in [6.07, 6.45) is 0.439. The molecule has 1 saturated heterocycles. The zero-order chi connectivity index (χ0) is 22.2. The Morgan fingerprint density at radius 1 is 1.19 bits per heavy atom. The van der Waals surface area contributed by atoms with E-state index in [1.54, 1.807) is 32.2 Å². The lowest BCUT2D eigenvalue weighted by Crippen LogP contribution is -2.40. The zero-order valence-electron chi connectivity index (χ0n) is 17.3. The first-order valence-corrected chi connectivity index (χ1v) is 11.8. The molecule has 4 rings (SSSR count). The van der Waals surface area contributed by atoms with Crippen molar-refractivity contribution in [2.75, 3.05) is 25.2 Å². The second-order valence-electron chi connectivity index (χ2n) is 7.74. The van der Waals surface area contributed by atoms with Gasteiger partial charge in [0.25, 0.3) is 5.91 Å². The number of fused-ring (bicyclic) bond motifs is 1. The van der Waals surface area contributed by atoms with E-state index in [0.29, 0.717) is 34.5 Å². The van der Waals surface area contributed by atoms with Crippen LogP contribution >= 0.6 is 0 Å². The molecular formula is C23H23NO6S. The van der Waals surface area contributed by atoms with Gasteiger partial charge in [-0.3, -0.25) is 9.59 Å². The largest absolute Gasteiger partial charge is 0.484 e. The number of aryl methyl sites for hydroxylation is 1. The molecule has 7 nitrogen and oxygen atoms in total. The van der Waals surface area contributed by atoms with E-state index in [1.165, 1.54) is 4.90 Å². The number of hydrogen-bond acceptors (Lipinski definition) is 6. The van der Waals surface area contributed by atoms with Gasteiger partial charge in [0.1, 0.15) is 17.1 Å². The first-order chi connectivity index (χ1) is 14.7. The highest BCUT2D eigenvalue weighted by Crippen LogP contribution is 2.26. The Morgan fingerprint density at radius 3 is 2.61 bits per heavy atom. The molecule has 0 bridgehead atoms. The Morgan fingerprint density at radius 2 is 1.94 bits per heavy atom. The lowest BCUT2D eigenvalue weighted by Gasteiger charge is -2.23. The van der Waals surface area contributed by atoms with Crippen LogP contribution in [0.4, 0.5) is 0 Å². The number of benzene rings is 2. The van der Waals surface area contributed by atoms with Crippen molar-refractivity contribution in [2.45, 2.75) is 19.4 Å². The summed E-state index contributed by atoms with van der Waals surface area (Å²) in [6.45, 7) is 1.51. The Kier molecular flexibility index (Phi) is 5.58. The molecule has 0 radical (unpaired) electrons. The molecule has 8 heteroatoms. The summed E-state index contributed by atoms with van der Waals surface area (Å²) < 4.78 is 34.8. The summed E-state index contributed by atoms with van der Waals surface area (Å²) in [7, 11) is -1.49. The molecule has 1 aromatic heterocycles. The molecule has 31 heavy (non-hydrogen) atoms. The van der Waals surface area contributed by atoms with E-state index in [4.69, 9.17) is 9.15 Å². The Bertz CT molecular complexity index is 1300. The smallest absolute Gasteiger partial charge is 0.260 e. The molecule has 2 heterocycles. The van der Waals surface area contributed by atoms with E-state index in [2.05, 4.69) is 0 Å². The van der Waals surface area contributed by atoms with Gasteiger partial charge in [0.05, 0.1) is 22.5 Å². The van der Waals surface area contributed by atoms with Crippen molar-refractivity contribution >= 4 is 26.7 Å². The van der Waals surface area contributed by atoms with Crippen LogP contribution in [0.25, 0.3) is 22.1 Å². The number of amides is 1. The maximum absolute atomic E-state index is 13.0. The summed E-state index contributed by atoms with van der Waals surface area (Å²) in [6, 6.07) is 13.8. The van der Waals surface area contributed by atoms with E-state index in [9.17, 15) is 18.0 Å². The fraction of sp³-hybridized carbons (Fsp3) is 0.304. The van der Waals surface area contributed by atoms with Crippen LogP contribution in [-0.2, 0) is 14.6 Å². The summed E-state index contributed by atoms with van der Waals surface area (Å²) in [5.41, 5.74) is 1.56. The molecule has 0 aliphatic carbocycles. The van der Waals surface area contributed by atoms with Crippen LogP contribution in [0.3, 0.4) is 0 Å². The number of carbonyl (C=O) groups is 1. The zero-order valence-corrected chi connectivity index (χ0v) is 18.1. The normalized spacial score (nSPS) is 17.5. The summed E-state index contributed by atoms with van der Waals surface area (Å²) in [4.78, 5) is 26.9. The average molecular weight is 442 g/mol. The molecule has 1 aliphatic rings. The molecule has 0 N–H and O–H groups in total. The monoisotopic (exact) mass is 441 g/mol.